The summed E-state index contributed by atoms with van der Waals surface area (Å²) in [7, 11) is 1.32. The molecule has 0 spiro atoms. The summed E-state index contributed by atoms with van der Waals surface area (Å²) in [4.78, 5) is 21.5. The zero-order valence-electron chi connectivity index (χ0n) is 11.1. The van der Waals surface area contributed by atoms with Gasteiger partial charge in [-0.2, -0.15) is 5.10 Å². The molecule has 7 nitrogen and oxygen atoms in total. The Morgan fingerprint density at radius 3 is 2.60 bits per heavy atom. The molecule has 20 heavy (non-hydrogen) atoms. The van der Waals surface area contributed by atoms with Crippen molar-refractivity contribution in [2.75, 3.05) is 7.11 Å². The van der Waals surface area contributed by atoms with E-state index >= 15 is 0 Å². The smallest absolute Gasteiger partial charge is 0.311 e. The lowest BCUT2D eigenvalue weighted by molar-refractivity contribution is -0.384. The topological polar surface area (TPSA) is 87.3 Å². The molecule has 0 amide bonds. The number of methoxy groups -OCH3 is 1. The largest absolute Gasteiger partial charge is 0.469 e. The van der Waals surface area contributed by atoms with E-state index in [0.29, 0.717) is 11.4 Å². The first-order chi connectivity index (χ1) is 9.51. The number of esters is 1. The number of nitro benzene ring substituents is 1. The maximum atomic E-state index is 11.4. The van der Waals surface area contributed by atoms with Crippen LogP contribution in [0.4, 0.5) is 5.69 Å². The van der Waals surface area contributed by atoms with E-state index in [0.717, 1.165) is 5.69 Å². The van der Waals surface area contributed by atoms with E-state index in [2.05, 4.69) is 9.84 Å². The normalized spacial score (nSPS) is 10.3. The van der Waals surface area contributed by atoms with E-state index in [1.165, 1.54) is 19.2 Å². The number of rotatable bonds is 4. The molecule has 0 atom stereocenters. The zero-order chi connectivity index (χ0) is 14.7. The Labute approximate surface area is 114 Å². The number of hydrogen-bond acceptors (Lipinski definition) is 5. The van der Waals surface area contributed by atoms with Gasteiger partial charge in [0.2, 0.25) is 0 Å². The lowest BCUT2D eigenvalue weighted by Gasteiger charge is -2.06. The second-order valence-corrected chi connectivity index (χ2v) is 4.22. The van der Waals surface area contributed by atoms with Crippen molar-refractivity contribution in [1.82, 2.24) is 9.78 Å². The van der Waals surface area contributed by atoms with Crippen LogP contribution in [-0.2, 0) is 16.0 Å². The van der Waals surface area contributed by atoms with Crippen molar-refractivity contribution in [2.24, 2.45) is 0 Å². The number of benzene rings is 1. The second kappa shape index (κ2) is 5.52. The molecule has 0 fully saturated rings. The minimum atomic E-state index is -0.465. The monoisotopic (exact) mass is 275 g/mol. The van der Waals surface area contributed by atoms with Gasteiger partial charge in [0, 0.05) is 12.1 Å². The minimum absolute atomic E-state index is 0.00662. The highest BCUT2D eigenvalue weighted by Gasteiger charge is 2.13. The quantitative estimate of drug-likeness (QED) is 0.482. The van der Waals surface area contributed by atoms with Crippen molar-refractivity contribution in [1.29, 1.82) is 0 Å². The molecular weight excluding hydrogens is 262 g/mol. The first kappa shape index (κ1) is 13.7. The maximum absolute atomic E-state index is 11.4. The first-order valence-corrected chi connectivity index (χ1v) is 5.88. The van der Waals surface area contributed by atoms with Crippen molar-refractivity contribution in [3.63, 3.8) is 0 Å². The van der Waals surface area contributed by atoms with Gasteiger partial charge >= 0.3 is 5.97 Å². The molecule has 0 bridgehead atoms. The summed E-state index contributed by atoms with van der Waals surface area (Å²) in [6.07, 6.45) is 0.0916. The standard InChI is InChI=1S/C13H13N3O4/c1-9-7-12(8-13(17)20-2)15(14-9)10-3-5-11(6-4-10)16(18)19/h3-7H,8H2,1-2H3. The lowest BCUT2D eigenvalue weighted by Crippen LogP contribution is -2.10. The van der Waals surface area contributed by atoms with Crippen LogP contribution < -0.4 is 0 Å². The van der Waals surface area contributed by atoms with Gasteiger partial charge in [0.15, 0.2) is 0 Å². The zero-order valence-corrected chi connectivity index (χ0v) is 11.1. The van der Waals surface area contributed by atoms with Crippen LogP contribution in [0.2, 0.25) is 0 Å². The molecule has 0 aliphatic carbocycles. The lowest BCUT2D eigenvalue weighted by atomic mass is 10.2. The van der Waals surface area contributed by atoms with Gasteiger partial charge in [0.05, 0.1) is 35.5 Å². The van der Waals surface area contributed by atoms with E-state index in [1.54, 1.807) is 22.9 Å². The van der Waals surface area contributed by atoms with Gasteiger partial charge in [-0.1, -0.05) is 0 Å². The number of non-ortho nitro benzene ring substituents is 1. The van der Waals surface area contributed by atoms with Crippen molar-refractivity contribution >= 4 is 11.7 Å². The Balaban J connectivity index is 2.36. The van der Waals surface area contributed by atoms with Gasteiger partial charge < -0.3 is 4.74 Å². The Hall–Kier alpha value is -2.70. The van der Waals surface area contributed by atoms with Gasteiger partial charge in [0.1, 0.15) is 0 Å². The van der Waals surface area contributed by atoms with Crippen molar-refractivity contribution in [3.05, 3.63) is 51.8 Å². The number of carbonyl (C=O) groups is 1. The van der Waals surface area contributed by atoms with Crippen LogP contribution in [-0.4, -0.2) is 27.8 Å². The number of nitrogens with zero attached hydrogens (tertiary/aromatic N) is 3. The summed E-state index contributed by atoms with van der Waals surface area (Å²) in [6, 6.07) is 7.75. The Bertz CT molecular complexity index is 646. The number of aromatic nitrogens is 2. The molecule has 0 unspecified atom stereocenters. The Kier molecular flexibility index (Phi) is 3.79. The fourth-order valence-corrected chi connectivity index (χ4v) is 1.84. The van der Waals surface area contributed by atoms with E-state index in [1.807, 2.05) is 6.92 Å². The number of ether oxygens (including phenoxy) is 1. The van der Waals surface area contributed by atoms with Crippen molar-refractivity contribution in [2.45, 2.75) is 13.3 Å². The summed E-state index contributed by atoms with van der Waals surface area (Å²) >= 11 is 0. The van der Waals surface area contributed by atoms with Gasteiger partial charge in [-0.25, -0.2) is 4.68 Å². The Morgan fingerprint density at radius 2 is 2.05 bits per heavy atom. The van der Waals surface area contributed by atoms with Gasteiger partial charge in [-0.15, -0.1) is 0 Å². The highest BCUT2D eigenvalue weighted by atomic mass is 16.6. The van der Waals surface area contributed by atoms with Gasteiger partial charge in [0.25, 0.3) is 5.69 Å². The molecule has 0 aliphatic heterocycles. The third kappa shape index (κ3) is 2.82. The summed E-state index contributed by atoms with van der Waals surface area (Å²) < 4.78 is 6.21. The molecule has 0 N–H and O–H groups in total. The average Bonchev–Trinajstić information content (AvgIpc) is 2.79. The number of nitro groups is 1. The first-order valence-electron chi connectivity index (χ1n) is 5.88. The van der Waals surface area contributed by atoms with Gasteiger partial charge in [-0.05, 0) is 25.1 Å². The average molecular weight is 275 g/mol. The number of carbonyl (C=O) groups excluding carboxylic acids is 1. The molecule has 104 valence electrons. The van der Waals surface area contributed by atoms with Crippen molar-refractivity contribution < 1.29 is 14.5 Å². The summed E-state index contributed by atoms with van der Waals surface area (Å²) in [5.74, 6) is -0.368. The van der Waals surface area contributed by atoms with E-state index in [-0.39, 0.29) is 18.1 Å². The number of aryl methyl sites for hydroxylation is 1. The SMILES string of the molecule is COC(=O)Cc1cc(C)nn1-c1ccc([N+](=O)[O-])cc1. The van der Waals surface area contributed by atoms with Crippen LogP contribution in [0, 0.1) is 17.0 Å². The predicted octanol–water partition coefficient (Wildman–Crippen LogP) is 1.80. The predicted molar refractivity (Wildman–Crippen MR) is 70.7 cm³/mol. The summed E-state index contributed by atoms with van der Waals surface area (Å²) in [5, 5.41) is 14.9. The highest BCUT2D eigenvalue weighted by molar-refractivity contribution is 5.72. The fourth-order valence-electron chi connectivity index (χ4n) is 1.84. The minimum Gasteiger partial charge on any atom is -0.469 e. The molecule has 2 aromatic rings. The summed E-state index contributed by atoms with van der Waals surface area (Å²) in [5.41, 5.74) is 2.08. The van der Waals surface area contributed by atoms with Crippen LogP contribution in [0.25, 0.3) is 5.69 Å². The van der Waals surface area contributed by atoms with E-state index in [4.69, 9.17) is 0 Å². The van der Waals surface area contributed by atoms with Crippen molar-refractivity contribution in [3.8, 4) is 5.69 Å². The molecule has 1 aromatic carbocycles. The molecule has 0 aliphatic rings. The molecule has 0 saturated carbocycles. The highest BCUT2D eigenvalue weighted by Crippen LogP contribution is 2.17. The van der Waals surface area contributed by atoms with Crippen LogP contribution in [0.1, 0.15) is 11.4 Å². The third-order valence-corrected chi connectivity index (χ3v) is 2.76. The van der Waals surface area contributed by atoms with E-state index in [9.17, 15) is 14.9 Å². The fraction of sp³-hybridized carbons (Fsp3) is 0.231. The van der Waals surface area contributed by atoms with E-state index < -0.39 is 4.92 Å². The maximum Gasteiger partial charge on any atom is 0.311 e. The molecule has 1 heterocycles. The Morgan fingerprint density at radius 1 is 1.40 bits per heavy atom. The second-order valence-electron chi connectivity index (χ2n) is 4.22. The summed E-state index contributed by atoms with van der Waals surface area (Å²) in [6.45, 7) is 1.81. The molecular formula is C13H13N3O4. The third-order valence-electron chi connectivity index (χ3n) is 2.76. The molecule has 7 heteroatoms. The molecule has 0 saturated heterocycles. The molecule has 0 radical (unpaired) electrons. The molecule has 1 aromatic heterocycles. The van der Waals surface area contributed by atoms with Crippen LogP contribution in [0.15, 0.2) is 30.3 Å². The van der Waals surface area contributed by atoms with Crippen LogP contribution >= 0.6 is 0 Å². The van der Waals surface area contributed by atoms with Crippen LogP contribution in [0.3, 0.4) is 0 Å². The van der Waals surface area contributed by atoms with Gasteiger partial charge in [-0.3, -0.25) is 14.9 Å². The number of hydrogen-bond donors (Lipinski definition) is 0. The van der Waals surface area contributed by atoms with Crippen LogP contribution in [0.5, 0.6) is 0 Å². The molecule has 2 rings (SSSR count).